The molecule has 0 aromatic heterocycles. The third-order valence-electron chi connectivity index (χ3n) is 12.7. The second-order valence-electron chi connectivity index (χ2n) is 18.0. The van der Waals surface area contributed by atoms with E-state index in [0.717, 1.165) is 55.4 Å². The predicted octanol–water partition coefficient (Wildman–Crippen LogP) is 4.97. The van der Waals surface area contributed by atoms with Crippen molar-refractivity contribution in [3.05, 3.63) is 29.3 Å². The summed E-state index contributed by atoms with van der Waals surface area (Å²) in [6, 6.07) is 3.62. The van der Waals surface area contributed by atoms with Gasteiger partial charge in [-0.15, -0.1) is 0 Å². The highest BCUT2D eigenvalue weighted by atomic mass is 32.2. The Morgan fingerprint density at radius 3 is 2.45 bits per heavy atom. The Bertz CT molecular complexity index is 1820. The first-order valence-corrected chi connectivity index (χ1v) is 21.6. The average molecular weight is 785 g/mol. The number of amides is 4. The fourth-order valence-electron chi connectivity index (χ4n) is 8.71. The molecule has 55 heavy (non-hydrogen) atoms. The molecular formula is C40H56N4O10S. The van der Waals surface area contributed by atoms with Crippen molar-refractivity contribution < 1.29 is 46.6 Å². The molecule has 14 nitrogen and oxygen atoms in total. The van der Waals surface area contributed by atoms with Crippen LogP contribution >= 0.6 is 0 Å². The first kappa shape index (κ1) is 39.4. The van der Waals surface area contributed by atoms with Gasteiger partial charge in [0.1, 0.15) is 17.9 Å². The molecule has 5 atom stereocenters. The maximum Gasteiger partial charge on any atom is 0.410 e. The number of nitrogens with zero attached hydrogens (tertiary/aromatic N) is 2. The minimum absolute atomic E-state index is 0.00977. The highest BCUT2D eigenvalue weighted by molar-refractivity contribution is 7.90. The number of carbonyl (C=O) groups excluding carboxylic acids is 5. The lowest BCUT2D eigenvalue weighted by molar-refractivity contribution is -0.142. The number of nitrogens with one attached hydrogen (secondary N) is 2. The van der Waals surface area contributed by atoms with Crippen molar-refractivity contribution in [1.82, 2.24) is 19.8 Å². The first-order chi connectivity index (χ1) is 26.0. The quantitative estimate of drug-likeness (QED) is 0.384. The van der Waals surface area contributed by atoms with Crippen LogP contribution in [0.1, 0.15) is 116 Å². The van der Waals surface area contributed by atoms with E-state index in [9.17, 15) is 32.4 Å². The zero-order valence-electron chi connectivity index (χ0n) is 32.5. The van der Waals surface area contributed by atoms with Crippen molar-refractivity contribution in [2.45, 2.75) is 141 Å². The molecule has 302 valence electrons. The van der Waals surface area contributed by atoms with Crippen molar-refractivity contribution in [3.8, 4) is 5.75 Å². The van der Waals surface area contributed by atoms with Crippen molar-refractivity contribution in [3.63, 3.8) is 0 Å². The van der Waals surface area contributed by atoms with E-state index in [0.29, 0.717) is 45.4 Å². The van der Waals surface area contributed by atoms with E-state index in [1.807, 2.05) is 45.9 Å². The highest BCUT2D eigenvalue weighted by Crippen LogP contribution is 2.58. The smallest absolute Gasteiger partial charge is 0.410 e. The third-order valence-corrected chi connectivity index (χ3v) is 14.5. The van der Waals surface area contributed by atoms with Gasteiger partial charge in [-0.1, -0.05) is 59.1 Å². The Hall–Kier alpha value is -3.88. The summed E-state index contributed by atoms with van der Waals surface area (Å²) in [5, 5.41) is 2.19. The molecule has 15 heteroatoms. The van der Waals surface area contributed by atoms with Gasteiger partial charge in [-0.2, -0.15) is 0 Å². The molecule has 4 bridgehead atoms. The molecule has 0 radical (unpaired) electrons. The van der Waals surface area contributed by atoms with Crippen LogP contribution in [-0.2, 0) is 47.0 Å². The SMILES string of the molecule is CC[C@H]1C[C@@]1(CC(=O)C1C[C@@H]2CN1C(=O)[C@H](C(C)(C)C)NC(=O)OCC1(CCCCCOc3cccc4c3CN(C4)C(=O)O2)CC1)C(=O)NS(=O)(=O)C1CC1. The van der Waals surface area contributed by atoms with Crippen LogP contribution in [0.4, 0.5) is 9.59 Å². The van der Waals surface area contributed by atoms with E-state index in [1.165, 1.54) is 4.90 Å². The number of hydrogen-bond acceptors (Lipinski definition) is 10. The number of cyclic esters (lactones) is 1. The van der Waals surface area contributed by atoms with Crippen LogP contribution in [0.2, 0.25) is 0 Å². The lowest BCUT2D eigenvalue weighted by atomic mass is 9.85. The first-order valence-electron chi connectivity index (χ1n) is 20.1. The van der Waals surface area contributed by atoms with Gasteiger partial charge in [-0.3, -0.25) is 24.0 Å². The number of rotatable bonds is 7. The lowest BCUT2D eigenvalue weighted by Crippen LogP contribution is -2.57. The normalized spacial score (nSPS) is 29.9. The Labute approximate surface area is 323 Å². The molecule has 1 aromatic carbocycles. The van der Waals surface area contributed by atoms with Crippen molar-refractivity contribution in [2.24, 2.45) is 22.2 Å². The van der Waals surface area contributed by atoms with Gasteiger partial charge in [0.05, 0.1) is 43.0 Å². The zero-order chi connectivity index (χ0) is 39.3. The van der Waals surface area contributed by atoms with E-state index in [1.54, 1.807) is 4.90 Å². The van der Waals surface area contributed by atoms with Gasteiger partial charge in [0.2, 0.25) is 21.8 Å². The number of ketones is 1. The van der Waals surface area contributed by atoms with Crippen molar-refractivity contribution >= 4 is 39.8 Å². The van der Waals surface area contributed by atoms with Gasteiger partial charge in [-0.05, 0) is 67.9 Å². The molecule has 3 saturated carbocycles. The number of sulfonamides is 1. The standard InChI is InChI=1S/C40H56N4O10S/c1-5-26-19-40(26,35(47)42-55(50,51)28-12-13-28)20-31(45)30-18-27-22-44(30)34(46)33(38(2,3)4)41-36(48)53-24-39(15-16-39)14-7-6-8-17-52-32-11-9-10-25-21-43(23-29(25)32)37(49)54-27/h9-11,26-28,30,33H,5-8,12-24H2,1-4H3,(H,41,48)(H,42,47)/t26-,27+,30?,33+,40-/m0/s1. The predicted molar refractivity (Wildman–Crippen MR) is 200 cm³/mol. The summed E-state index contributed by atoms with van der Waals surface area (Å²) in [5.74, 6) is -1.10. The van der Waals surface area contributed by atoms with Crippen molar-refractivity contribution in [2.75, 3.05) is 19.8 Å². The molecule has 6 aliphatic rings. The monoisotopic (exact) mass is 784 g/mol. The van der Waals surface area contributed by atoms with Crippen LogP contribution in [0, 0.1) is 22.2 Å². The molecule has 1 unspecified atom stereocenters. The van der Waals surface area contributed by atoms with E-state index >= 15 is 0 Å². The summed E-state index contributed by atoms with van der Waals surface area (Å²) < 4.78 is 45.7. The molecule has 3 heterocycles. The molecule has 2 N–H and O–H groups in total. The zero-order valence-corrected chi connectivity index (χ0v) is 33.3. The van der Waals surface area contributed by atoms with Gasteiger partial charge >= 0.3 is 12.2 Å². The average Bonchev–Trinajstić information content (AvgIpc) is 4.08. The maximum absolute atomic E-state index is 14.6. The number of hydrogen-bond donors (Lipinski definition) is 2. The van der Waals surface area contributed by atoms with E-state index in [2.05, 4.69) is 10.0 Å². The second kappa shape index (κ2) is 14.9. The topological polar surface area (TPSA) is 178 Å². The molecule has 4 amide bonds. The minimum Gasteiger partial charge on any atom is -0.493 e. The summed E-state index contributed by atoms with van der Waals surface area (Å²) >= 11 is 0. The fraction of sp³-hybridized carbons (Fsp3) is 0.725. The van der Waals surface area contributed by atoms with E-state index in [-0.39, 0.29) is 37.3 Å². The summed E-state index contributed by atoms with van der Waals surface area (Å²) in [4.78, 5) is 72.6. The van der Waals surface area contributed by atoms with Gasteiger partial charge in [0.25, 0.3) is 0 Å². The van der Waals surface area contributed by atoms with Crippen LogP contribution in [0.15, 0.2) is 18.2 Å². The van der Waals surface area contributed by atoms with Crippen LogP contribution in [0.25, 0.3) is 0 Å². The van der Waals surface area contributed by atoms with E-state index < -0.39 is 74.1 Å². The number of ether oxygens (including phenoxy) is 3. The molecular weight excluding hydrogens is 729 g/mol. The van der Waals surface area contributed by atoms with Gasteiger partial charge < -0.3 is 24.4 Å². The summed E-state index contributed by atoms with van der Waals surface area (Å²) in [6.07, 6.45) is 5.10. The molecule has 1 saturated heterocycles. The number of alkyl carbamates (subject to hydrolysis) is 1. The Morgan fingerprint density at radius 1 is 1.02 bits per heavy atom. The highest BCUT2D eigenvalue weighted by Gasteiger charge is 2.62. The molecule has 1 aromatic rings. The Balaban J connectivity index is 1.14. The van der Waals surface area contributed by atoms with Crippen LogP contribution < -0.4 is 14.8 Å². The number of benzene rings is 1. The van der Waals surface area contributed by atoms with Crippen LogP contribution in [0.5, 0.6) is 5.75 Å². The molecule has 7 rings (SSSR count). The number of Topliss-reactive ketones (excluding diaryl/α,β-unsaturated/α-hetero) is 1. The Kier molecular flexibility index (Phi) is 10.7. The Morgan fingerprint density at radius 2 is 1.78 bits per heavy atom. The molecule has 3 aliphatic carbocycles. The minimum atomic E-state index is -3.84. The van der Waals surface area contributed by atoms with Crippen molar-refractivity contribution in [1.29, 1.82) is 0 Å². The third kappa shape index (κ3) is 8.46. The fourth-order valence-corrected chi connectivity index (χ4v) is 10.1. The molecule has 4 fully saturated rings. The second-order valence-corrected chi connectivity index (χ2v) is 19.9. The van der Waals surface area contributed by atoms with Crippen LogP contribution in [-0.4, -0.2) is 91.2 Å². The summed E-state index contributed by atoms with van der Waals surface area (Å²) in [7, 11) is -3.84. The lowest BCUT2D eigenvalue weighted by Gasteiger charge is -2.35. The molecule has 1 spiro atoms. The largest absolute Gasteiger partial charge is 0.493 e. The van der Waals surface area contributed by atoms with Gasteiger partial charge in [0.15, 0.2) is 5.78 Å². The van der Waals surface area contributed by atoms with Gasteiger partial charge in [0, 0.05) is 30.4 Å². The maximum atomic E-state index is 14.6. The van der Waals surface area contributed by atoms with Crippen LogP contribution in [0.3, 0.4) is 0 Å². The van der Waals surface area contributed by atoms with E-state index in [4.69, 9.17) is 14.2 Å². The number of carbonyl (C=O) groups is 5. The van der Waals surface area contributed by atoms with Gasteiger partial charge in [-0.25, -0.2) is 18.0 Å². The summed E-state index contributed by atoms with van der Waals surface area (Å²) in [6.45, 7) is 8.63. The number of fused-ring (bicyclic) bond motifs is 3. The summed E-state index contributed by atoms with van der Waals surface area (Å²) in [5.41, 5.74) is -0.191. The molecule has 3 aliphatic heterocycles.